The Morgan fingerprint density at radius 2 is 1.73 bits per heavy atom. The molecule has 2 rings (SSSR count). The number of carboxylic acids is 1. The number of nitrogens with zero attached hydrogens (tertiary/aromatic N) is 1. The summed E-state index contributed by atoms with van der Waals surface area (Å²) in [7, 11) is -3.65. The molecule has 0 atom stereocenters. The van der Waals surface area contributed by atoms with Gasteiger partial charge in [0.1, 0.15) is 5.82 Å². The molecule has 0 bridgehead atoms. The smallest absolute Gasteiger partial charge is 0.335 e. The zero-order valence-electron chi connectivity index (χ0n) is 11.7. The van der Waals surface area contributed by atoms with Gasteiger partial charge in [0.05, 0.1) is 24.1 Å². The summed E-state index contributed by atoms with van der Waals surface area (Å²) in [6.07, 6.45) is 1.01. The van der Waals surface area contributed by atoms with Crippen LogP contribution >= 0.6 is 0 Å². The number of aromatic carboxylic acids is 1. The molecule has 2 aromatic rings. The Morgan fingerprint density at radius 1 is 1.14 bits per heavy atom. The highest BCUT2D eigenvalue weighted by Crippen LogP contribution is 2.22. The van der Waals surface area contributed by atoms with Crippen LogP contribution in [0, 0.1) is 5.82 Å². The van der Waals surface area contributed by atoms with Crippen LogP contribution in [0.1, 0.15) is 15.9 Å². The van der Waals surface area contributed by atoms with Gasteiger partial charge in [-0.1, -0.05) is 18.2 Å². The standard InChI is InChI=1S/C15H14FNO4S/c1-22(20,21)17(10-12-4-2-3-5-14(12)16)13-8-6-11(7-9-13)15(18)19/h2-9H,10H2,1H3,(H,18,19). The van der Waals surface area contributed by atoms with Crippen LogP contribution in [0.5, 0.6) is 0 Å². The fourth-order valence-corrected chi connectivity index (χ4v) is 2.83. The van der Waals surface area contributed by atoms with Gasteiger partial charge in [0.25, 0.3) is 0 Å². The van der Waals surface area contributed by atoms with Gasteiger partial charge in [0.2, 0.25) is 10.0 Å². The predicted molar refractivity (Wildman–Crippen MR) is 80.8 cm³/mol. The van der Waals surface area contributed by atoms with Gasteiger partial charge < -0.3 is 5.11 Å². The lowest BCUT2D eigenvalue weighted by molar-refractivity contribution is 0.0697. The number of carboxylic acid groups (broad SMARTS) is 1. The van der Waals surface area contributed by atoms with Gasteiger partial charge in [0.15, 0.2) is 0 Å². The Labute approximate surface area is 127 Å². The molecule has 0 spiro atoms. The zero-order chi connectivity index (χ0) is 16.3. The van der Waals surface area contributed by atoms with E-state index in [1.54, 1.807) is 6.07 Å². The van der Waals surface area contributed by atoms with Gasteiger partial charge in [-0.15, -0.1) is 0 Å². The third-order valence-electron chi connectivity index (χ3n) is 3.07. The first-order chi connectivity index (χ1) is 10.3. The van der Waals surface area contributed by atoms with Gasteiger partial charge in [-0.3, -0.25) is 4.31 Å². The van der Waals surface area contributed by atoms with Crippen LogP contribution in [-0.2, 0) is 16.6 Å². The normalized spacial score (nSPS) is 11.2. The maximum Gasteiger partial charge on any atom is 0.335 e. The van der Waals surface area contributed by atoms with Gasteiger partial charge in [-0.05, 0) is 30.3 Å². The summed E-state index contributed by atoms with van der Waals surface area (Å²) in [4.78, 5) is 10.8. The monoisotopic (exact) mass is 323 g/mol. The highest BCUT2D eigenvalue weighted by atomic mass is 32.2. The minimum atomic E-state index is -3.65. The van der Waals surface area contributed by atoms with E-state index in [2.05, 4.69) is 0 Å². The van der Waals surface area contributed by atoms with Crippen molar-refractivity contribution in [3.63, 3.8) is 0 Å². The Balaban J connectivity index is 2.39. The number of rotatable bonds is 5. The van der Waals surface area contributed by atoms with E-state index in [9.17, 15) is 17.6 Å². The lowest BCUT2D eigenvalue weighted by Crippen LogP contribution is -2.29. The molecule has 5 nitrogen and oxygen atoms in total. The molecule has 2 aromatic carbocycles. The SMILES string of the molecule is CS(=O)(=O)N(Cc1ccccc1F)c1ccc(C(=O)O)cc1. The van der Waals surface area contributed by atoms with Crippen LogP contribution in [0.4, 0.5) is 10.1 Å². The summed E-state index contributed by atoms with van der Waals surface area (Å²) < 4.78 is 38.7. The molecule has 0 aliphatic rings. The molecular formula is C15H14FNO4S. The van der Waals surface area contributed by atoms with E-state index in [0.29, 0.717) is 0 Å². The second-order valence-corrected chi connectivity index (χ2v) is 6.62. The highest BCUT2D eigenvalue weighted by Gasteiger charge is 2.19. The van der Waals surface area contributed by atoms with E-state index in [1.165, 1.54) is 42.5 Å². The largest absolute Gasteiger partial charge is 0.478 e. The van der Waals surface area contributed by atoms with Crippen molar-refractivity contribution in [3.8, 4) is 0 Å². The molecule has 0 aromatic heterocycles. The molecule has 0 aliphatic heterocycles. The van der Waals surface area contributed by atoms with E-state index in [0.717, 1.165) is 10.6 Å². The first-order valence-electron chi connectivity index (χ1n) is 6.33. The molecule has 0 heterocycles. The quantitative estimate of drug-likeness (QED) is 0.917. The third kappa shape index (κ3) is 3.62. The van der Waals surface area contributed by atoms with Gasteiger partial charge in [0, 0.05) is 5.56 Å². The van der Waals surface area contributed by atoms with Crippen molar-refractivity contribution in [2.75, 3.05) is 10.6 Å². The molecule has 0 unspecified atom stereocenters. The molecule has 116 valence electrons. The van der Waals surface area contributed by atoms with Gasteiger partial charge in [-0.2, -0.15) is 0 Å². The average molecular weight is 323 g/mol. The topological polar surface area (TPSA) is 74.7 Å². The summed E-state index contributed by atoms with van der Waals surface area (Å²) in [5.41, 5.74) is 0.550. The average Bonchev–Trinajstić information content (AvgIpc) is 2.45. The van der Waals surface area contributed by atoms with Crippen molar-refractivity contribution in [1.82, 2.24) is 0 Å². The summed E-state index contributed by atoms with van der Waals surface area (Å²) in [5.74, 6) is -1.61. The number of halogens is 1. The van der Waals surface area contributed by atoms with Crippen LogP contribution in [0.25, 0.3) is 0 Å². The van der Waals surface area contributed by atoms with Crippen LogP contribution in [0.2, 0.25) is 0 Å². The fraction of sp³-hybridized carbons (Fsp3) is 0.133. The van der Waals surface area contributed by atoms with Crippen molar-refractivity contribution >= 4 is 21.7 Å². The molecule has 22 heavy (non-hydrogen) atoms. The molecule has 0 aliphatic carbocycles. The summed E-state index contributed by atoms with van der Waals surface area (Å²) in [6, 6.07) is 11.3. The van der Waals surface area contributed by atoms with Crippen LogP contribution < -0.4 is 4.31 Å². The summed E-state index contributed by atoms with van der Waals surface area (Å²) >= 11 is 0. The first-order valence-corrected chi connectivity index (χ1v) is 8.18. The van der Waals surface area contributed by atoms with E-state index in [4.69, 9.17) is 5.11 Å². The van der Waals surface area contributed by atoms with Crippen LogP contribution in [0.3, 0.4) is 0 Å². The molecule has 1 N–H and O–H groups in total. The van der Waals surface area contributed by atoms with E-state index < -0.39 is 21.8 Å². The number of sulfonamides is 1. The summed E-state index contributed by atoms with van der Waals surface area (Å²) in [6.45, 7) is -0.169. The lowest BCUT2D eigenvalue weighted by Gasteiger charge is -2.22. The third-order valence-corrected chi connectivity index (χ3v) is 4.21. The number of hydrogen-bond donors (Lipinski definition) is 1. The van der Waals surface area contributed by atoms with E-state index in [1.807, 2.05) is 0 Å². The van der Waals surface area contributed by atoms with E-state index in [-0.39, 0.29) is 23.4 Å². The fourth-order valence-electron chi connectivity index (χ4n) is 1.95. The Bertz CT molecular complexity index is 787. The Kier molecular flexibility index (Phi) is 4.46. The number of anilines is 1. The van der Waals surface area contributed by atoms with Crippen LogP contribution in [0.15, 0.2) is 48.5 Å². The minimum absolute atomic E-state index is 0.0445. The number of carbonyl (C=O) groups is 1. The summed E-state index contributed by atoms with van der Waals surface area (Å²) in [5, 5.41) is 8.86. The Hall–Kier alpha value is -2.41. The van der Waals surface area contributed by atoms with Crippen molar-refractivity contribution in [2.24, 2.45) is 0 Å². The molecule has 0 amide bonds. The molecule has 0 fully saturated rings. The van der Waals surface area contributed by atoms with Crippen molar-refractivity contribution in [3.05, 3.63) is 65.5 Å². The maximum absolute atomic E-state index is 13.7. The molecular weight excluding hydrogens is 309 g/mol. The van der Waals surface area contributed by atoms with Crippen molar-refractivity contribution in [1.29, 1.82) is 0 Å². The number of benzene rings is 2. The van der Waals surface area contributed by atoms with E-state index >= 15 is 0 Å². The second-order valence-electron chi connectivity index (χ2n) is 4.71. The second kappa shape index (κ2) is 6.15. The molecule has 0 saturated carbocycles. The Morgan fingerprint density at radius 3 is 2.23 bits per heavy atom. The lowest BCUT2D eigenvalue weighted by atomic mass is 10.2. The molecule has 0 saturated heterocycles. The van der Waals surface area contributed by atoms with Crippen molar-refractivity contribution in [2.45, 2.75) is 6.54 Å². The predicted octanol–water partition coefficient (Wildman–Crippen LogP) is 2.49. The van der Waals surface area contributed by atoms with Gasteiger partial charge >= 0.3 is 5.97 Å². The maximum atomic E-state index is 13.7. The van der Waals surface area contributed by atoms with Gasteiger partial charge in [-0.25, -0.2) is 17.6 Å². The first kappa shape index (κ1) is 16.0. The minimum Gasteiger partial charge on any atom is -0.478 e. The number of hydrogen-bond acceptors (Lipinski definition) is 3. The zero-order valence-corrected chi connectivity index (χ0v) is 12.5. The highest BCUT2D eigenvalue weighted by molar-refractivity contribution is 7.92. The van der Waals surface area contributed by atoms with Crippen LogP contribution in [-0.4, -0.2) is 25.7 Å². The van der Waals surface area contributed by atoms with Crippen molar-refractivity contribution < 1.29 is 22.7 Å². The molecule has 7 heteroatoms. The molecule has 0 radical (unpaired) electrons.